The third kappa shape index (κ3) is 5.93. The number of hydrogen-bond acceptors (Lipinski definition) is 4. The summed E-state index contributed by atoms with van der Waals surface area (Å²) in [6.45, 7) is 19.7. The van der Waals surface area contributed by atoms with Gasteiger partial charge in [-0.25, -0.2) is 0 Å². The predicted molar refractivity (Wildman–Crippen MR) is 168 cm³/mol. The third-order valence-corrected chi connectivity index (χ3v) is 15.7. The maximum atomic E-state index is 14.8. The largest absolute Gasteiger partial charge is 0.501 e. The van der Waals surface area contributed by atoms with Gasteiger partial charge in [0, 0.05) is 5.92 Å². The van der Waals surface area contributed by atoms with Crippen LogP contribution >= 0.6 is 22.6 Å². The SMILES string of the molecule is C=C[C@]1(COCc2ccccc2)C(=O)[C@@]2(C=COC[C@@H]2CCI)CC=C1CO[Si](C(C)C)(C(C)C)C(C)C. The van der Waals surface area contributed by atoms with Crippen LogP contribution in [0.15, 0.2) is 67.0 Å². The Balaban J connectivity index is 2.01. The van der Waals surface area contributed by atoms with Gasteiger partial charge in [0.2, 0.25) is 8.32 Å². The van der Waals surface area contributed by atoms with Gasteiger partial charge in [0.1, 0.15) is 0 Å². The lowest BCUT2D eigenvalue weighted by Crippen LogP contribution is -2.55. The smallest absolute Gasteiger partial charge is 0.200 e. The van der Waals surface area contributed by atoms with Crippen LogP contribution in [0.4, 0.5) is 0 Å². The predicted octanol–water partition coefficient (Wildman–Crippen LogP) is 8.44. The van der Waals surface area contributed by atoms with E-state index in [2.05, 4.69) is 88.9 Å². The lowest BCUT2D eigenvalue weighted by Gasteiger charge is -2.49. The monoisotopic (exact) mass is 650 g/mol. The fraction of sp³-hybridized carbons (Fsp3) is 0.594. The molecule has 1 aromatic rings. The second-order valence-corrected chi connectivity index (χ2v) is 18.4. The van der Waals surface area contributed by atoms with Gasteiger partial charge >= 0.3 is 0 Å². The van der Waals surface area contributed by atoms with E-state index in [4.69, 9.17) is 13.9 Å². The standard InChI is InChI=1S/C32H47IO4Si/c1-8-31(23-36-20-27-12-10-9-11-13-27)28(22-37-38(24(2)3,25(4)5)26(6)7)14-16-32(30(31)34)17-19-35-21-29(32)15-18-33/h8-14,17,19,24-26,29H,1,15-16,18,20-23H2,2-7H3/t29-,31+,32+/m0/s1. The van der Waals surface area contributed by atoms with Gasteiger partial charge in [-0.15, -0.1) is 6.58 Å². The van der Waals surface area contributed by atoms with Crippen molar-refractivity contribution in [2.75, 3.05) is 24.2 Å². The first-order valence-corrected chi connectivity index (χ1v) is 17.8. The number of carbonyl (C=O) groups is 1. The van der Waals surface area contributed by atoms with Crippen molar-refractivity contribution in [2.24, 2.45) is 16.7 Å². The number of hydrogen-bond donors (Lipinski definition) is 0. The molecule has 2 aliphatic rings. The van der Waals surface area contributed by atoms with Crippen molar-refractivity contribution in [1.82, 2.24) is 0 Å². The van der Waals surface area contributed by atoms with E-state index in [0.717, 1.165) is 22.0 Å². The molecule has 3 rings (SSSR count). The second kappa shape index (κ2) is 13.4. The van der Waals surface area contributed by atoms with Crippen molar-refractivity contribution in [2.45, 2.75) is 77.6 Å². The molecule has 0 N–H and O–H groups in total. The van der Waals surface area contributed by atoms with Crippen LogP contribution in [0.1, 0.15) is 59.9 Å². The molecule has 38 heavy (non-hydrogen) atoms. The van der Waals surface area contributed by atoms with Crippen molar-refractivity contribution >= 4 is 36.7 Å². The highest BCUT2D eigenvalue weighted by atomic mass is 127. The molecule has 1 spiro atoms. The molecule has 0 unspecified atom stereocenters. The number of benzene rings is 1. The van der Waals surface area contributed by atoms with Gasteiger partial charge in [-0.1, -0.05) is 107 Å². The highest BCUT2D eigenvalue weighted by Gasteiger charge is 2.57. The maximum absolute atomic E-state index is 14.8. The number of Topliss-reactive ketones (excluding diaryl/α,β-unsaturated/α-hetero) is 1. The first kappa shape index (κ1) is 31.3. The van der Waals surface area contributed by atoms with Gasteiger partial charge in [-0.2, -0.15) is 0 Å². The second-order valence-electron chi connectivity index (χ2n) is 11.9. The van der Waals surface area contributed by atoms with Crippen molar-refractivity contribution in [3.05, 3.63) is 72.5 Å². The summed E-state index contributed by atoms with van der Waals surface area (Å²) in [5.74, 6) is 0.300. The Kier molecular flexibility index (Phi) is 11.1. The number of rotatable bonds is 13. The lowest BCUT2D eigenvalue weighted by molar-refractivity contribution is -0.141. The van der Waals surface area contributed by atoms with E-state index in [1.165, 1.54) is 0 Å². The summed E-state index contributed by atoms with van der Waals surface area (Å²) in [6, 6.07) is 10.1. The number of allylic oxidation sites excluding steroid dienone is 2. The van der Waals surface area contributed by atoms with E-state index in [-0.39, 0.29) is 18.3 Å². The first-order chi connectivity index (χ1) is 18.1. The van der Waals surface area contributed by atoms with Crippen molar-refractivity contribution in [3.63, 3.8) is 0 Å². The molecule has 6 heteroatoms. The Morgan fingerprint density at radius 3 is 2.34 bits per heavy atom. The van der Waals surface area contributed by atoms with Crippen LogP contribution in [0, 0.1) is 16.7 Å². The first-order valence-electron chi connectivity index (χ1n) is 14.1. The molecule has 0 amide bonds. The van der Waals surface area contributed by atoms with Crippen LogP contribution in [0.2, 0.25) is 16.6 Å². The van der Waals surface area contributed by atoms with Gasteiger partial charge in [-0.05, 0) is 51.1 Å². The molecule has 0 saturated heterocycles. The molecule has 0 aromatic heterocycles. The summed E-state index contributed by atoms with van der Waals surface area (Å²) in [4.78, 5) is 14.8. The van der Waals surface area contributed by atoms with E-state index in [0.29, 0.717) is 42.9 Å². The Morgan fingerprint density at radius 1 is 1.11 bits per heavy atom. The van der Waals surface area contributed by atoms with E-state index in [9.17, 15) is 4.79 Å². The van der Waals surface area contributed by atoms with E-state index in [1.807, 2.05) is 30.4 Å². The fourth-order valence-electron chi connectivity index (χ4n) is 6.96. The highest BCUT2D eigenvalue weighted by Crippen LogP contribution is 2.52. The number of halogens is 1. The summed E-state index contributed by atoms with van der Waals surface area (Å²) < 4.78 is 20.1. The van der Waals surface area contributed by atoms with Crippen LogP contribution < -0.4 is 0 Å². The number of carbonyl (C=O) groups excluding carboxylic acids is 1. The van der Waals surface area contributed by atoms with Crippen molar-refractivity contribution in [3.8, 4) is 0 Å². The summed E-state index contributed by atoms with van der Waals surface area (Å²) in [5, 5.41) is 0. The molecular formula is C32H47IO4Si. The molecule has 4 nitrogen and oxygen atoms in total. The Labute approximate surface area is 245 Å². The number of ketones is 1. The van der Waals surface area contributed by atoms with Crippen LogP contribution in [0.25, 0.3) is 0 Å². The average Bonchev–Trinajstić information content (AvgIpc) is 2.89. The maximum Gasteiger partial charge on any atom is 0.200 e. The summed E-state index contributed by atoms with van der Waals surface area (Å²) in [7, 11) is -2.13. The quantitative estimate of drug-likeness (QED) is 0.0931. The molecule has 0 saturated carbocycles. The van der Waals surface area contributed by atoms with Crippen molar-refractivity contribution in [1.29, 1.82) is 0 Å². The van der Waals surface area contributed by atoms with Crippen LogP contribution in [0.3, 0.4) is 0 Å². The Bertz CT molecular complexity index is 980. The molecule has 1 aliphatic carbocycles. The Hall–Kier alpha value is -1.22. The fourth-order valence-corrected chi connectivity index (χ4v) is 13.1. The summed E-state index contributed by atoms with van der Waals surface area (Å²) in [6.07, 6.45) is 9.44. The summed E-state index contributed by atoms with van der Waals surface area (Å²) >= 11 is 2.40. The van der Waals surface area contributed by atoms with Gasteiger partial charge in [-0.3, -0.25) is 4.79 Å². The normalized spacial score (nSPS) is 25.8. The Morgan fingerprint density at radius 2 is 1.76 bits per heavy atom. The molecule has 210 valence electrons. The summed E-state index contributed by atoms with van der Waals surface area (Å²) in [5.41, 5.74) is 1.94. The van der Waals surface area contributed by atoms with Gasteiger partial charge in [0.25, 0.3) is 0 Å². The minimum absolute atomic E-state index is 0.125. The zero-order valence-electron chi connectivity index (χ0n) is 24.2. The molecule has 1 aromatic carbocycles. The molecule has 1 heterocycles. The molecule has 0 fully saturated rings. The van der Waals surface area contributed by atoms with E-state index in [1.54, 1.807) is 6.26 Å². The molecule has 3 atom stereocenters. The topological polar surface area (TPSA) is 44.8 Å². The minimum atomic E-state index is -2.13. The molecule has 0 bridgehead atoms. The highest BCUT2D eigenvalue weighted by molar-refractivity contribution is 14.1. The van der Waals surface area contributed by atoms with Crippen LogP contribution in [-0.4, -0.2) is 38.3 Å². The van der Waals surface area contributed by atoms with Crippen LogP contribution in [0.5, 0.6) is 0 Å². The lowest BCUT2D eigenvalue weighted by atomic mass is 9.56. The molecular weight excluding hydrogens is 603 g/mol. The van der Waals surface area contributed by atoms with Crippen molar-refractivity contribution < 1.29 is 18.7 Å². The van der Waals surface area contributed by atoms with Gasteiger partial charge < -0.3 is 13.9 Å². The molecule has 1 aliphatic heterocycles. The van der Waals surface area contributed by atoms with Crippen LogP contribution in [-0.2, 0) is 25.3 Å². The zero-order chi connectivity index (χ0) is 28.0. The average molecular weight is 651 g/mol. The van der Waals surface area contributed by atoms with E-state index < -0.39 is 19.1 Å². The molecule has 0 radical (unpaired) electrons. The van der Waals surface area contributed by atoms with Gasteiger partial charge in [0.05, 0.1) is 43.5 Å². The van der Waals surface area contributed by atoms with Gasteiger partial charge in [0.15, 0.2) is 5.78 Å². The minimum Gasteiger partial charge on any atom is -0.501 e. The number of ether oxygens (including phenoxy) is 2. The zero-order valence-corrected chi connectivity index (χ0v) is 27.3. The number of alkyl halides is 1. The van der Waals surface area contributed by atoms with E-state index >= 15 is 0 Å². The third-order valence-electron chi connectivity index (χ3n) is 9.01.